The number of aliphatic hydroxyl groups is 1. The van der Waals surface area contributed by atoms with Gasteiger partial charge in [0, 0.05) is 12.5 Å². The molecular formula is C33H70NO4Si+. The van der Waals surface area contributed by atoms with E-state index in [4.69, 9.17) is 13.3 Å². The first-order valence-electron chi connectivity index (χ1n) is 16.8. The van der Waals surface area contributed by atoms with Gasteiger partial charge in [-0.2, -0.15) is 0 Å². The predicted octanol–water partition coefficient (Wildman–Crippen LogP) is 9.04. The molecule has 1 heterocycles. The van der Waals surface area contributed by atoms with Crippen LogP contribution in [0.3, 0.4) is 0 Å². The van der Waals surface area contributed by atoms with Crippen molar-refractivity contribution >= 4 is 8.80 Å². The third-order valence-electron chi connectivity index (χ3n) is 9.04. The van der Waals surface area contributed by atoms with Gasteiger partial charge in [-0.1, -0.05) is 96.8 Å². The number of quaternary nitrogens is 1. The second kappa shape index (κ2) is 18.5. The second-order valence-electron chi connectivity index (χ2n) is 14.3. The Bertz CT molecular complexity index is 625. The zero-order valence-corrected chi connectivity index (χ0v) is 28.9. The molecule has 0 spiro atoms. The van der Waals surface area contributed by atoms with Gasteiger partial charge in [0.15, 0.2) is 0 Å². The fraction of sp³-hybridized carbons (Fsp3) is 1.00. The molecule has 5 nitrogen and oxygen atoms in total. The molecule has 0 aromatic heterocycles. The normalized spacial score (nSPS) is 22.5. The number of rotatable bonds is 24. The van der Waals surface area contributed by atoms with Gasteiger partial charge < -0.3 is 22.9 Å². The highest BCUT2D eigenvalue weighted by atomic mass is 28.4. The summed E-state index contributed by atoms with van der Waals surface area (Å²) in [5.41, 5.74) is -1.05. The SMILES string of the molecule is CCCCCCCCCCCCCCCCCC[N+](C)(C)CCC[Si]1(OC(C)(C)C(C)O)OC(C)C(C)(C)O1. The Balaban J connectivity index is 2.17. The summed E-state index contributed by atoms with van der Waals surface area (Å²) < 4.78 is 20.5. The first kappa shape index (κ1) is 37.0. The molecule has 0 radical (unpaired) electrons. The van der Waals surface area contributed by atoms with Gasteiger partial charge >= 0.3 is 8.80 Å². The molecule has 0 aliphatic carbocycles. The lowest BCUT2D eigenvalue weighted by molar-refractivity contribution is -0.890. The van der Waals surface area contributed by atoms with E-state index in [2.05, 4.69) is 41.8 Å². The van der Waals surface area contributed by atoms with E-state index in [9.17, 15) is 5.11 Å². The van der Waals surface area contributed by atoms with Crippen LogP contribution in [0.5, 0.6) is 0 Å². The van der Waals surface area contributed by atoms with Crippen molar-refractivity contribution in [2.75, 3.05) is 27.2 Å². The van der Waals surface area contributed by atoms with Gasteiger partial charge in [-0.3, -0.25) is 0 Å². The Hall–Kier alpha value is 0.0169. The van der Waals surface area contributed by atoms with E-state index in [-0.39, 0.29) is 11.7 Å². The van der Waals surface area contributed by atoms with Crippen LogP contribution in [-0.4, -0.2) is 69.0 Å². The van der Waals surface area contributed by atoms with Crippen molar-refractivity contribution in [2.45, 2.75) is 187 Å². The van der Waals surface area contributed by atoms with Gasteiger partial charge in [0.1, 0.15) is 0 Å². The summed E-state index contributed by atoms with van der Waals surface area (Å²) in [5.74, 6) is 0. The van der Waals surface area contributed by atoms with E-state index in [0.29, 0.717) is 0 Å². The zero-order valence-electron chi connectivity index (χ0n) is 27.9. The highest BCUT2D eigenvalue weighted by Crippen LogP contribution is 2.40. The highest BCUT2D eigenvalue weighted by molar-refractivity contribution is 6.61. The van der Waals surface area contributed by atoms with E-state index >= 15 is 0 Å². The fourth-order valence-electron chi connectivity index (χ4n) is 5.53. The molecule has 0 saturated carbocycles. The average molecular weight is 573 g/mol. The third-order valence-corrected chi connectivity index (χ3v) is 12.4. The average Bonchev–Trinajstić information content (AvgIpc) is 3.05. The van der Waals surface area contributed by atoms with Crippen molar-refractivity contribution in [3.8, 4) is 0 Å². The number of hydrogen-bond acceptors (Lipinski definition) is 4. The molecule has 0 aromatic rings. The molecule has 0 amide bonds. The minimum Gasteiger partial charge on any atom is -0.390 e. The van der Waals surface area contributed by atoms with Crippen LogP contribution in [0.4, 0.5) is 0 Å². The lowest BCUT2D eigenvalue weighted by Crippen LogP contribution is -2.53. The summed E-state index contributed by atoms with van der Waals surface area (Å²) in [6, 6.07) is 0.803. The largest absolute Gasteiger partial charge is 0.502 e. The standard InChI is InChI=1S/C33H70NO4Si/c1-10-11-12-13-14-15-16-17-18-19-20-21-22-23-24-25-27-34(8,9)28-26-29-39(37-32(4,5)30(2)35)36-31(3)33(6,7)38-39/h30-31,35H,10-29H2,1-9H3/q+1. The van der Waals surface area contributed by atoms with Crippen LogP contribution in [0.1, 0.15) is 158 Å². The maximum absolute atomic E-state index is 10.3. The topological polar surface area (TPSA) is 47.9 Å². The van der Waals surface area contributed by atoms with Crippen molar-refractivity contribution in [1.82, 2.24) is 0 Å². The van der Waals surface area contributed by atoms with Crippen LogP contribution in [0.15, 0.2) is 0 Å². The Labute approximate surface area is 245 Å². The van der Waals surface area contributed by atoms with Crippen molar-refractivity contribution < 1.29 is 22.9 Å². The molecule has 234 valence electrons. The maximum atomic E-state index is 10.3. The molecule has 1 aliphatic heterocycles. The molecule has 1 fully saturated rings. The molecule has 39 heavy (non-hydrogen) atoms. The van der Waals surface area contributed by atoms with E-state index in [1.165, 1.54) is 109 Å². The molecule has 1 saturated heterocycles. The summed E-state index contributed by atoms with van der Waals surface area (Å²) in [6.45, 7) is 16.5. The summed E-state index contributed by atoms with van der Waals surface area (Å²) in [5, 5.41) is 10.3. The van der Waals surface area contributed by atoms with Crippen LogP contribution >= 0.6 is 0 Å². The molecule has 3 atom stereocenters. The van der Waals surface area contributed by atoms with Crippen molar-refractivity contribution in [3.63, 3.8) is 0 Å². The highest BCUT2D eigenvalue weighted by Gasteiger charge is 2.58. The Morgan fingerprint density at radius 3 is 1.59 bits per heavy atom. The van der Waals surface area contributed by atoms with Crippen molar-refractivity contribution in [3.05, 3.63) is 0 Å². The van der Waals surface area contributed by atoms with E-state index in [1.54, 1.807) is 6.92 Å². The number of unbranched alkanes of at least 4 members (excludes halogenated alkanes) is 15. The molecule has 1 rings (SSSR count). The van der Waals surface area contributed by atoms with Gasteiger partial charge in [0.05, 0.1) is 50.6 Å². The second-order valence-corrected chi connectivity index (χ2v) is 16.8. The van der Waals surface area contributed by atoms with Crippen molar-refractivity contribution in [1.29, 1.82) is 0 Å². The Kier molecular flexibility index (Phi) is 17.6. The van der Waals surface area contributed by atoms with E-state index < -0.39 is 20.5 Å². The summed E-state index contributed by atoms with van der Waals surface area (Å²) in [7, 11) is 1.83. The van der Waals surface area contributed by atoms with Gasteiger partial charge in [-0.05, 0) is 54.4 Å². The van der Waals surface area contributed by atoms with Crippen LogP contribution in [-0.2, 0) is 13.3 Å². The number of nitrogens with zero attached hydrogens (tertiary/aromatic N) is 1. The minimum absolute atomic E-state index is 0.0124. The third kappa shape index (κ3) is 15.7. The predicted molar refractivity (Wildman–Crippen MR) is 169 cm³/mol. The molecule has 6 heteroatoms. The first-order valence-corrected chi connectivity index (χ1v) is 18.8. The molecular weight excluding hydrogens is 502 g/mol. The van der Waals surface area contributed by atoms with Crippen LogP contribution in [0.2, 0.25) is 6.04 Å². The first-order chi connectivity index (χ1) is 18.3. The molecule has 1 aliphatic rings. The van der Waals surface area contributed by atoms with Crippen LogP contribution in [0, 0.1) is 0 Å². The molecule has 1 N–H and O–H groups in total. The zero-order chi connectivity index (χ0) is 29.4. The van der Waals surface area contributed by atoms with Gasteiger partial charge in [0.25, 0.3) is 0 Å². The lowest BCUT2D eigenvalue weighted by Gasteiger charge is -2.37. The van der Waals surface area contributed by atoms with E-state index in [1.807, 2.05) is 13.8 Å². The summed E-state index contributed by atoms with van der Waals surface area (Å²) in [4.78, 5) is 0. The fourth-order valence-corrected chi connectivity index (χ4v) is 9.35. The molecule has 3 unspecified atom stereocenters. The summed E-state index contributed by atoms with van der Waals surface area (Å²) >= 11 is 0. The summed E-state index contributed by atoms with van der Waals surface area (Å²) in [6.07, 6.45) is 23.0. The number of aliphatic hydroxyl groups excluding tert-OH is 1. The van der Waals surface area contributed by atoms with Crippen LogP contribution < -0.4 is 0 Å². The molecule has 0 aromatic carbocycles. The van der Waals surface area contributed by atoms with Gasteiger partial charge in [-0.15, -0.1) is 0 Å². The Morgan fingerprint density at radius 2 is 1.21 bits per heavy atom. The smallest absolute Gasteiger partial charge is 0.390 e. The molecule has 0 bridgehead atoms. The van der Waals surface area contributed by atoms with Crippen LogP contribution in [0.25, 0.3) is 0 Å². The number of hydrogen-bond donors (Lipinski definition) is 1. The van der Waals surface area contributed by atoms with Gasteiger partial charge in [0.2, 0.25) is 0 Å². The van der Waals surface area contributed by atoms with Gasteiger partial charge in [-0.25, -0.2) is 0 Å². The van der Waals surface area contributed by atoms with Crippen molar-refractivity contribution in [2.24, 2.45) is 0 Å². The quantitative estimate of drug-likeness (QED) is 0.0712. The maximum Gasteiger partial charge on any atom is 0.502 e. The lowest BCUT2D eigenvalue weighted by atomic mass is 10.0. The van der Waals surface area contributed by atoms with E-state index in [0.717, 1.165) is 23.5 Å². The minimum atomic E-state index is -2.88. The monoisotopic (exact) mass is 573 g/mol. The Morgan fingerprint density at radius 1 is 0.795 bits per heavy atom.